The molecule has 0 spiro atoms. The second-order valence-electron chi connectivity index (χ2n) is 4.53. The van der Waals surface area contributed by atoms with Gasteiger partial charge in [0.25, 0.3) is 0 Å². The average Bonchev–Trinajstić information content (AvgIpc) is 1.87. The van der Waals surface area contributed by atoms with Gasteiger partial charge in [0.1, 0.15) is 0 Å². The highest BCUT2D eigenvalue weighted by atomic mass is 14.4. The van der Waals surface area contributed by atoms with Crippen LogP contribution in [0.4, 0.5) is 0 Å². The topological polar surface area (TPSA) is 0 Å². The zero-order valence-corrected chi connectivity index (χ0v) is 8.43. The van der Waals surface area contributed by atoms with Gasteiger partial charge in [-0.25, -0.2) is 0 Å². The molecular formula is C11H22. The number of rotatable bonds is 3. The summed E-state index contributed by atoms with van der Waals surface area (Å²) < 4.78 is 0. The summed E-state index contributed by atoms with van der Waals surface area (Å²) in [4.78, 5) is 0. The number of hydrogen-bond acceptors (Lipinski definition) is 0. The van der Waals surface area contributed by atoms with E-state index < -0.39 is 0 Å². The van der Waals surface area contributed by atoms with E-state index >= 15 is 0 Å². The Balaban J connectivity index is 2.33. The van der Waals surface area contributed by atoms with Crippen molar-refractivity contribution in [3.05, 3.63) is 0 Å². The third-order valence-electron chi connectivity index (χ3n) is 3.46. The lowest BCUT2D eigenvalue weighted by Crippen LogP contribution is -2.37. The molecule has 1 fully saturated rings. The van der Waals surface area contributed by atoms with Gasteiger partial charge in [-0.3, -0.25) is 0 Å². The number of hydrogen-bond donors (Lipinski definition) is 0. The van der Waals surface area contributed by atoms with Crippen molar-refractivity contribution in [2.45, 2.75) is 47.0 Å². The fourth-order valence-electron chi connectivity index (χ4n) is 3.04. The Morgan fingerprint density at radius 1 is 1.27 bits per heavy atom. The van der Waals surface area contributed by atoms with Crippen molar-refractivity contribution in [3.8, 4) is 0 Å². The molecule has 11 heavy (non-hydrogen) atoms. The van der Waals surface area contributed by atoms with E-state index in [1.807, 2.05) is 0 Å². The Bertz CT molecular complexity index is 109. The molecule has 0 aromatic heterocycles. The van der Waals surface area contributed by atoms with Gasteiger partial charge in [-0.05, 0) is 30.1 Å². The van der Waals surface area contributed by atoms with Gasteiger partial charge in [0.2, 0.25) is 0 Å². The van der Waals surface area contributed by atoms with Crippen molar-refractivity contribution < 1.29 is 0 Å². The van der Waals surface area contributed by atoms with Crippen molar-refractivity contribution in [1.29, 1.82) is 0 Å². The molecule has 3 atom stereocenters. The minimum atomic E-state index is 0.971. The molecule has 0 heteroatoms. The van der Waals surface area contributed by atoms with E-state index in [1.165, 1.54) is 19.3 Å². The molecule has 0 radical (unpaired) electrons. The first kappa shape index (κ1) is 9.09. The van der Waals surface area contributed by atoms with Crippen LogP contribution in [0.3, 0.4) is 0 Å². The SMILES string of the molecule is CCCC(C)C1C(C)CC1C. The third kappa shape index (κ3) is 1.77. The quantitative estimate of drug-likeness (QED) is 0.581. The fourth-order valence-corrected chi connectivity index (χ4v) is 3.04. The second kappa shape index (κ2) is 3.60. The molecule has 3 unspecified atom stereocenters. The second-order valence-corrected chi connectivity index (χ2v) is 4.53. The van der Waals surface area contributed by atoms with E-state index in [1.54, 1.807) is 0 Å². The summed E-state index contributed by atoms with van der Waals surface area (Å²) >= 11 is 0. The Labute approximate surface area is 71.4 Å². The molecule has 0 saturated heterocycles. The zero-order valence-electron chi connectivity index (χ0n) is 8.43. The van der Waals surface area contributed by atoms with Gasteiger partial charge in [0.05, 0.1) is 0 Å². The molecule has 1 saturated carbocycles. The summed E-state index contributed by atoms with van der Waals surface area (Å²) in [7, 11) is 0. The molecule has 0 amide bonds. The van der Waals surface area contributed by atoms with Crippen LogP contribution >= 0.6 is 0 Å². The average molecular weight is 154 g/mol. The maximum Gasteiger partial charge on any atom is -0.0337 e. The van der Waals surface area contributed by atoms with Crippen LogP contribution in [-0.4, -0.2) is 0 Å². The molecule has 0 aromatic rings. The molecule has 0 aliphatic heterocycles. The lowest BCUT2D eigenvalue weighted by molar-refractivity contribution is 0.0455. The van der Waals surface area contributed by atoms with Crippen LogP contribution in [0.25, 0.3) is 0 Å². The van der Waals surface area contributed by atoms with E-state index in [9.17, 15) is 0 Å². The monoisotopic (exact) mass is 154 g/mol. The van der Waals surface area contributed by atoms with Crippen LogP contribution in [0, 0.1) is 23.7 Å². The summed E-state index contributed by atoms with van der Waals surface area (Å²) in [5, 5.41) is 0. The van der Waals surface area contributed by atoms with Gasteiger partial charge in [-0.2, -0.15) is 0 Å². The first-order valence-electron chi connectivity index (χ1n) is 5.16. The highest BCUT2D eigenvalue weighted by molar-refractivity contribution is 4.86. The minimum Gasteiger partial charge on any atom is -0.0654 e. The summed E-state index contributed by atoms with van der Waals surface area (Å²) in [6, 6.07) is 0. The Morgan fingerprint density at radius 2 is 1.82 bits per heavy atom. The van der Waals surface area contributed by atoms with Crippen LogP contribution in [0.1, 0.15) is 47.0 Å². The molecule has 0 N–H and O–H groups in total. The van der Waals surface area contributed by atoms with E-state index in [2.05, 4.69) is 27.7 Å². The summed E-state index contributed by atoms with van der Waals surface area (Å²) in [5.41, 5.74) is 0. The Morgan fingerprint density at radius 3 is 2.18 bits per heavy atom. The van der Waals surface area contributed by atoms with Gasteiger partial charge in [0, 0.05) is 0 Å². The molecule has 0 aromatic carbocycles. The van der Waals surface area contributed by atoms with E-state index in [0.717, 1.165) is 23.7 Å². The molecule has 0 heterocycles. The predicted octanol–water partition coefficient (Wildman–Crippen LogP) is 3.71. The van der Waals surface area contributed by atoms with Gasteiger partial charge >= 0.3 is 0 Å². The van der Waals surface area contributed by atoms with Crippen LogP contribution in [0.2, 0.25) is 0 Å². The third-order valence-corrected chi connectivity index (χ3v) is 3.46. The van der Waals surface area contributed by atoms with Crippen molar-refractivity contribution in [2.24, 2.45) is 23.7 Å². The van der Waals surface area contributed by atoms with Gasteiger partial charge in [-0.15, -0.1) is 0 Å². The molecule has 0 bridgehead atoms. The van der Waals surface area contributed by atoms with Gasteiger partial charge in [-0.1, -0.05) is 40.5 Å². The van der Waals surface area contributed by atoms with Crippen LogP contribution in [0.15, 0.2) is 0 Å². The fraction of sp³-hybridized carbons (Fsp3) is 1.00. The first-order chi connectivity index (χ1) is 5.16. The normalized spacial score (nSPS) is 39.8. The molecule has 0 nitrogen and oxygen atoms in total. The van der Waals surface area contributed by atoms with E-state index in [4.69, 9.17) is 0 Å². The summed E-state index contributed by atoms with van der Waals surface area (Å²) in [6.07, 6.45) is 4.26. The first-order valence-corrected chi connectivity index (χ1v) is 5.16. The van der Waals surface area contributed by atoms with Crippen LogP contribution in [0.5, 0.6) is 0 Å². The molecule has 1 aliphatic carbocycles. The molecule has 1 aliphatic rings. The van der Waals surface area contributed by atoms with E-state index in [0.29, 0.717) is 0 Å². The van der Waals surface area contributed by atoms with E-state index in [-0.39, 0.29) is 0 Å². The molecule has 66 valence electrons. The maximum absolute atomic E-state index is 2.43. The highest BCUT2D eigenvalue weighted by Gasteiger charge is 2.37. The van der Waals surface area contributed by atoms with Crippen molar-refractivity contribution in [2.75, 3.05) is 0 Å². The van der Waals surface area contributed by atoms with Gasteiger partial charge < -0.3 is 0 Å². The smallest absolute Gasteiger partial charge is 0.0337 e. The highest BCUT2D eigenvalue weighted by Crippen LogP contribution is 2.45. The van der Waals surface area contributed by atoms with Crippen molar-refractivity contribution in [1.82, 2.24) is 0 Å². The zero-order chi connectivity index (χ0) is 8.43. The lowest BCUT2D eigenvalue weighted by atomic mass is 9.61. The summed E-state index contributed by atoms with van der Waals surface area (Å²) in [6.45, 7) is 9.55. The molecular weight excluding hydrogens is 132 g/mol. The van der Waals surface area contributed by atoms with Crippen LogP contribution < -0.4 is 0 Å². The Hall–Kier alpha value is 0. The van der Waals surface area contributed by atoms with Gasteiger partial charge in [0.15, 0.2) is 0 Å². The van der Waals surface area contributed by atoms with Crippen molar-refractivity contribution in [3.63, 3.8) is 0 Å². The predicted molar refractivity (Wildman–Crippen MR) is 50.5 cm³/mol. The summed E-state index contributed by atoms with van der Waals surface area (Å²) in [5.74, 6) is 4.02. The minimum absolute atomic E-state index is 0.971. The lowest BCUT2D eigenvalue weighted by Gasteiger charge is -2.45. The molecule has 1 rings (SSSR count). The van der Waals surface area contributed by atoms with Crippen molar-refractivity contribution >= 4 is 0 Å². The van der Waals surface area contributed by atoms with Crippen LogP contribution in [-0.2, 0) is 0 Å². The standard InChI is InChI=1S/C11H22/c1-5-6-8(2)11-9(3)7-10(11)4/h8-11H,5-7H2,1-4H3. The maximum atomic E-state index is 2.43. The largest absolute Gasteiger partial charge is 0.0654 e. The Kier molecular flexibility index (Phi) is 2.98.